The summed E-state index contributed by atoms with van der Waals surface area (Å²) in [5.74, 6) is 1.18. The molecule has 3 atom stereocenters. The summed E-state index contributed by atoms with van der Waals surface area (Å²) in [5, 5.41) is 0. The smallest absolute Gasteiger partial charge is 0.319 e. The molecule has 104 valence electrons. The molecule has 0 amide bonds. The quantitative estimate of drug-likeness (QED) is 0.846. The molecule has 0 saturated heterocycles. The Labute approximate surface area is 122 Å². The van der Waals surface area contributed by atoms with E-state index in [0.717, 1.165) is 12.3 Å². The molecule has 1 aromatic heterocycles. The Hall–Kier alpha value is -0.840. The Morgan fingerprint density at radius 1 is 1.37 bits per heavy atom. The summed E-state index contributed by atoms with van der Waals surface area (Å²) < 4.78 is 6.75. The van der Waals surface area contributed by atoms with E-state index in [1.54, 1.807) is 6.07 Å². The van der Waals surface area contributed by atoms with Crippen molar-refractivity contribution in [3.63, 3.8) is 0 Å². The van der Waals surface area contributed by atoms with Gasteiger partial charge in [0.05, 0.1) is 0 Å². The van der Waals surface area contributed by atoms with Crippen molar-refractivity contribution >= 4 is 21.7 Å². The molecule has 19 heavy (non-hydrogen) atoms. The summed E-state index contributed by atoms with van der Waals surface area (Å²) in [6.45, 7) is 7.07. The first-order valence-corrected chi connectivity index (χ1v) is 7.59. The lowest BCUT2D eigenvalue weighted by molar-refractivity contribution is 0.0242. The highest BCUT2D eigenvalue weighted by Crippen LogP contribution is 2.66. The maximum Gasteiger partial charge on any atom is 0.319 e. The Bertz CT molecular complexity index is 499. The van der Waals surface area contributed by atoms with E-state index in [-0.39, 0.29) is 11.5 Å². The number of halogens is 1. The summed E-state index contributed by atoms with van der Waals surface area (Å²) in [4.78, 5) is 8.44. The highest BCUT2D eigenvalue weighted by Gasteiger charge is 2.62. The molecule has 3 rings (SSSR count). The molecule has 2 bridgehead atoms. The normalized spacial score (nSPS) is 35.6. The Morgan fingerprint density at radius 3 is 2.63 bits per heavy atom. The van der Waals surface area contributed by atoms with E-state index >= 15 is 0 Å². The Morgan fingerprint density at radius 2 is 2.11 bits per heavy atom. The molecule has 0 radical (unpaired) electrons. The first-order chi connectivity index (χ1) is 8.83. The van der Waals surface area contributed by atoms with Gasteiger partial charge in [0, 0.05) is 11.5 Å². The molecule has 2 N–H and O–H groups in total. The lowest BCUT2D eigenvalue weighted by Gasteiger charge is -2.38. The number of hydrogen-bond acceptors (Lipinski definition) is 4. The number of aromatic nitrogens is 2. The molecule has 2 aliphatic rings. The van der Waals surface area contributed by atoms with Crippen LogP contribution in [0.1, 0.15) is 40.0 Å². The van der Waals surface area contributed by atoms with E-state index < -0.39 is 0 Å². The van der Waals surface area contributed by atoms with E-state index in [1.807, 2.05) is 0 Å². The number of nitrogens with two attached hydrogens (primary N) is 1. The van der Waals surface area contributed by atoms with Gasteiger partial charge in [0.15, 0.2) is 0 Å². The third-order valence-corrected chi connectivity index (χ3v) is 6.06. The zero-order valence-electron chi connectivity index (χ0n) is 11.6. The summed E-state index contributed by atoms with van der Waals surface area (Å²) in [5.41, 5.74) is 6.27. The van der Waals surface area contributed by atoms with Gasteiger partial charge in [0.25, 0.3) is 0 Å². The predicted molar refractivity (Wildman–Crippen MR) is 77.8 cm³/mol. The van der Waals surface area contributed by atoms with E-state index in [1.165, 1.54) is 12.8 Å². The lowest BCUT2D eigenvalue weighted by Crippen LogP contribution is -2.39. The molecule has 3 unspecified atom stereocenters. The third kappa shape index (κ3) is 1.85. The third-order valence-electron chi connectivity index (χ3n) is 5.66. The van der Waals surface area contributed by atoms with Crippen molar-refractivity contribution in [3.8, 4) is 6.01 Å². The van der Waals surface area contributed by atoms with Gasteiger partial charge in [-0.1, -0.05) is 20.8 Å². The van der Waals surface area contributed by atoms with Crippen molar-refractivity contribution in [2.24, 2.45) is 16.7 Å². The highest BCUT2D eigenvalue weighted by atomic mass is 79.9. The van der Waals surface area contributed by atoms with Gasteiger partial charge in [-0.05, 0) is 46.5 Å². The van der Waals surface area contributed by atoms with Crippen molar-refractivity contribution in [2.45, 2.75) is 46.1 Å². The Kier molecular flexibility index (Phi) is 2.82. The zero-order valence-corrected chi connectivity index (χ0v) is 13.2. The predicted octanol–water partition coefficient (Wildman–Crippen LogP) is 3.41. The lowest BCUT2D eigenvalue weighted by atomic mass is 9.70. The van der Waals surface area contributed by atoms with Crippen molar-refractivity contribution < 1.29 is 4.74 Å². The number of hydrogen-bond donors (Lipinski definition) is 1. The van der Waals surface area contributed by atoms with Crippen LogP contribution in [0.2, 0.25) is 0 Å². The maximum absolute atomic E-state index is 6.08. The summed E-state index contributed by atoms with van der Waals surface area (Å²) >= 11 is 3.33. The molecule has 0 spiro atoms. The molecule has 5 heteroatoms. The van der Waals surface area contributed by atoms with Crippen molar-refractivity contribution in [1.82, 2.24) is 9.97 Å². The fourth-order valence-corrected chi connectivity index (χ4v) is 4.29. The average Bonchev–Trinajstić information content (AvgIpc) is 2.60. The molecule has 2 fully saturated rings. The van der Waals surface area contributed by atoms with Gasteiger partial charge in [0.2, 0.25) is 0 Å². The number of fused-ring (bicyclic) bond motifs is 2. The van der Waals surface area contributed by atoms with Crippen LogP contribution < -0.4 is 10.5 Å². The monoisotopic (exact) mass is 325 g/mol. The van der Waals surface area contributed by atoms with Crippen LogP contribution in [0.25, 0.3) is 0 Å². The topological polar surface area (TPSA) is 61.0 Å². The zero-order chi connectivity index (χ0) is 13.8. The largest absolute Gasteiger partial charge is 0.459 e. The van der Waals surface area contributed by atoms with E-state index in [0.29, 0.717) is 21.8 Å². The van der Waals surface area contributed by atoms with E-state index in [2.05, 4.69) is 46.7 Å². The van der Waals surface area contributed by atoms with Gasteiger partial charge in [-0.2, -0.15) is 9.97 Å². The van der Waals surface area contributed by atoms with Gasteiger partial charge < -0.3 is 10.5 Å². The van der Waals surface area contributed by atoms with Crippen molar-refractivity contribution in [1.29, 1.82) is 0 Å². The number of ether oxygens (including phenoxy) is 1. The van der Waals surface area contributed by atoms with Crippen LogP contribution in [0.3, 0.4) is 0 Å². The van der Waals surface area contributed by atoms with Crippen LogP contribution in [0, 0.1) is 16.7 Å². The van der Waals surface area contributed by atoms with Gasteiger partial charge in [-0.15, -0.1) is 0 Å². The summed E-state index contributed by atoms with van der Waals surface area (Å²) in [6.07, 6.45) is 3.82. The fourth-order valence-electron chi connectivity index (χ4n) is 3.90. The van der Waals surface area contributed by atoms with Gasteiger partial charge in [0.1, 0.15) is 16.5 Å². The van der Waals surface area contributed by atoms with Crippen molar-refractivity contribution in [3.05, 3.63) is 10.7 Å². The minimum absolute atomic E-state index is 0.190. The second-order valence-corrected chi connectivity index (χ2v) is 7.43. The number of anilines is 1. The van der Waals surface area contributed by atoms with Gasteiger partial charge >= 0.3 is 6.01 Å². The average molecular weight is 326 g/mol. The van der Waals surface area contributed by atoms with Crippen LogP contribution in [-0.4, -0.2) is 16.1 Å². The molecule has 2 saturated carbocycles. The molecule has 0 aromatic carbocycles. The van der Waals surface area contributed by atoms with Crippen LogP contribution in [0.4, 0.5) is 5.82 Å². The second-order valence-electron chi connectivity index (χ2n) is 6.62. The summed E-state index contributed by atoms with van der Waals surface area (Å²) in [6, 6.07) is 2.07. The van der Waals surface area contributed by atoms with Gasteiger partial charge in [-0.3, -0.25) is 0 Å². The molecular weight excluding hydrogens is 306 g/mol. The molecule has 4 nitrogen and oxygen atoms in total. The molecule has 1 heterocycles. The number of rotatable bonds is 2. The second kappa shape index (κ2) is 4.08. The van der Waals surface area contributed by atoms with Crippen LogP contribution in [0.15, 0.2) is 10.7 Å². The Balaban J connectivity index is 1.86. The SMILES string of the molecule is CC1(C)C2CCC1(C)C(Oc1nc(N)cc(Br)n1)C2. The molecule has 0 aliphatic heterocycles. The van der Waals surface area contributed by atoms with Crippen LogP contribution in [-0.2, 0) is 0 Å². The molecule has 2 aliphatic carbocycles. The number of nitrogens with zero attached hydrogens (tertiary/aromatic N) is 2. The fraction of sp³-hybridized carbons (Fsp3) is 0.714. The first-order valence-electron chi connectivity index (χ1n) is 6.79. The maximum atomic E-state index is 6.08. The number of nitrogen functional groups attached to an aromatic ring is 1. The van der Waals surface area contributed by atoms with E-state index in [4.69, 9.17) is 10.5 Å². The van der Waals surface area contributed by atoms with E-state index in [9.17, 15) is 0 Å². The standard InChI is InChI=1S/C14H20BrN3O/c1-13(2)8-4-5-14(13,3)9(6-8)19-12-17-10(15)7-11(16)18-12/h7-9H,4-6H2,1-3H3,(H2,16,17,18). The van der Waals surface area contributed by atoms with Crippen molar-refractivity contribution in [2.75, 3.05) is 5.73 Å². The summed E-state index contributed by atoms with van der Waals surface area (Å²) in [7, 11) is 0. The molecule has 1 aromatic rings. The molecular formula is C14H20BrN3O. The van der Waals surface area contributed by atoms with Gasteiger partial charge in [-0.25, -0.2) is 0 Å². The minimum Gasteiger partial charge on any atom is -0.459 e. The van der Waals surface area contributed by atoms with Crippen LogP contribution >= 0.6 is 15.9 Å². The minimum atomic E-state index is 0.190. The first kappa shape index (κ1) is 13.2. The van der Waals surface area contributed by atoms with Crippen LogP contribution in [0.5, 0.6) is 6.01 Å². The highest BCUT2D eigenvalue weighted by molar-refractivity contribution is 9.10.